The van der Waals surface area contributed by atoms with Gasteiger partial charge in [0.05, 0.1) is 30.7 Å². The first kappa shape index (κ1) is 18.3. The number of halogens is 1. The fraction of sp³-hybridized carbons (Fsp3) is 0.263. The van der Waals surface area contributed by atoms with Gasteiger partial charge in [0.1, 0.15) is 0 Å². The van der Waals surface area contributed by atoms with Gasteiger partial charge < -0.3 is 14.5 Å². The highest BCUT2D eigenvalue weighted by Gasteiger charge is 2.14. The van der Waals surface area contributed by atoms with Crippen LogP contribution in [-0.2, 0) is 11.2 Å². The second kappa shape index (κ2) is 8.23. The minimum atomic E-state index is -0.170. The van der Waals surface area contributed by atoms with E-state index in [-0.39, 0.29) is 12.3 Å². The van der Waals surface area contributed by atoms with Gasteiger partial charge in [-0.1, -0.05) is 28.1 Å². The second-order valence-electron chi connectivity index (χ2n) is 5.58. The van der Waals surface area contributed by atoms with Gasteiger partial charge in [0, 0.05) is 4.47 Å². The molecule has 1 amide bonds. The predicted molar refractivity (Wildman–Crippen MR) is 105 cm³/mol. The third-order valence-electron chi connectivity index (χ3n) is 3.71. The Hall–Kier alpha value is -2.54. The van der Waals surface area contributed by atoms with Crippen LogP contribution in [0.2, 0.25) is 0 Å². The van der Waals surface area contributed by atoms with Crippen molar-refractivity contribution in [3.63, 3.8) is 0 Å². The summed E-state index contributed by atoms with van der Waals surface area (Å²) in [5, 5.41) is 2.80. The third kappa shape index (κ3) is 4.16. The number of carbonyl (C=O) groups excluding carboxylic acids is 1. The summed E-state index contributed by atoms with van der Waals surface area (Å²) in [6.07, 6.45) is 0.185. The van der Waals surface area contributed by atoms with E-state index in [4.69, 9.17) is 9.47 Å². The molecule has 0 radical (unpaired) electrons. The van der Waals surface area contributed by atoms with E-state index < -0.39 is 0 Å². The number of imidazole rings is 1. The van der Waals surface area contributed by atoms with Gasteiger partial charge in [-0.2, -0.15) is 0 Å². The first-order valence-corrected chi connectivity index (χ1v) is 9.22. The van der Waals surface area contributed by atoms with E-state index in [9.17, 15) is 4.79 Å². The number of H-pyrrole nitrogens is 1. The van der Waals surface area contributed by atoms with Crippen LogP contribution >= 0.6 is 15.9 Å². The zero-order chi connectivity index (χ0) is 18.5. The molecule has 0 atom stereocenters. The van der Waals surface area contributed by atoms with Gasteiger partial charge in [-0.3, -0.25) is 10.1 Å². The van der Waals surface area contributed by atoms with Gasteiger partial charge in [-0.05, 0) is 43.7 Å². The molecule has 2 N–H and O–H groups in total. The molecule has 0 aliphatic heterocycles. The van der Waals surface area contributed by atoms with Crippen LogP contribution in [0.4, 0.5) is 5.95 Å². The normalized spacial score (nSPS) is 10.7. The number of hydrogen-bond acceptors (Lipinski definition) is 4. The number of fused-ring (bicyclic) bond motifs is 1. The van der Waals surface area contributed by atoms with Crippen molar-refractivity contribution in [1.82, 2.24) is 9.97 Å². The minimum Gasteiger partial charge on any atom is -0.490 e. The molecule has 1 heterocycles. The maximum Gasteiger partial charge on any atom is 0.231 e. The lowest BCUT2D eigenvalue weighted by molar-refractivity contribution is -0.115. The van der Waals surface area contributed by atoms with Crippen molar-refractivity contribution in [2.75, 3.05) is 18.5 Å². The van der Waals surface area contributed by atoms with Crippen LogP contribution in [0, 0.1) is 0 Å². The van der Waals surface area contributed by atoms with Crippen LogP contribution in [0.3, 0.4) is 0 Å². The van der Waals surface area contributed by atoms with E-state index >= 15 is 0 Å². The third-order valence-corrected chi connectivity index (χ3v) is 4.45. The largest absolute Gasteiger partial charge is 0.490 e. The molecule has 26 heavy (non-hydrogen) atoms. The maximum atomic E-state index is 12.4. The Morgan fingerprint density at radius 2 is 1.85 bits per heavy atom. The van der Waals surface area contributed by atoms with Crippen LogP contribution < -0.4 is 14.8 Å². The molecular weight excluding hydrogens is 398 g/mol. The average molecular weight is 418 g/mol. The van der Waals surface area contributed by atoms with Crippen LogP contribution in [0.15, 0.2) is 40.9 Å². The topological polar surface area (TPSA) is 76.2 Å². The summed E-state index contributed by atoms with van der Waals surface area (Å²) in [4.78, 5) is 19.9. The smallest absolute Gasteiger partial charge is 0.231 e. The molecule has 0 spiro atoms. The number of aromatic amines is 1. The van der Waals surface area contributed by atoms with Crippen LogP contribution in [-0.4, -0.2) is 29.1 Å². The van der Waals surface area contributed by atoms with E-state index in [0.717, 1.165) is 21.1 Å². The van der Waals surface area contributed by atoms with Crippen molar-refractivity contribution in [2.24, 2.45) is 0 Å². The van der Waals surface area contributed by atoms with E-state index in [1.165, 1.54) is 0 Å². The molecule has 2 aromatic carbocycles. The van der Waals surface area contributed by atoms with Crippen molar-refractivity contribution < 1.29 is 14.3 Å². The van der Waals surface area contributed by atoms with Gasteiger partial charge in [-0.25, -0.2) is 4.98 Å². The van der Waals surface area contributed by atoms with Crippen molar-refractivity contribution in [3.8, 4) is 11.5 Å². The van der Waals surface area contributed by atoms with E-state index in [1.54, 1.807) is 0 Å². The number of nitrogens with zero attached hydrogens (tertiary/aromatic N) is 1. The highest BCUT2D eigenvalue weighted by Crippen LogP contribution is 2.34. The molecule has 136 valence electrons. The van der Waals surface area contributed by atoms with Crippen molar-refractivity contribution in [1.29, 1.82) is 0 Å². The number of aromatic nitrogens is 2. The fourth-order valence-corrected chi connectivity index (χ4v) is 3.07. The lowest BCUT2D eigenvalue weighted by Gasteiger charge is -2.14. The molecule has 0 unspecified atom stereocenters. The molecule has 3 rings (SSSR count). The SMILES string of the molecule is CCOc1cc(Br)c(CC(=O)Nc2nc3ccccc3[nH]2)cc1OCC. The Morgan fingerprint density at radius 3 is 2.54 bits per heavy atom. The van der Waals surface area contributed by atoms with Crippen LogP contribution in [0.25, 0.3) is 11.0 Å². The maximum absolute atomic E-state index is 12.4. The zero-order valence-electron chi connectivity index (χ0n) is 14.6. The summed E-state index contributed by atoms with van der Waals surface area (Å²) >= 11 is 3.51. The van der Waals surface area contributed by atoms with Gasteiger partial charge in [0.25, 0.3) is 0 Å². The molecule has 1 aromatic heterocycles. The van der Waals surface area contributed by atoms with Crippen molar-refractivity contribution in [2.45, 2.75) is 20.3 Å². The summed E-state index contributed by atoms with van der Waals surface area (Å²) in [7, 11) is 0. The molecule has 0 saturated heterocycles. The van der Waals surface area contributed by atoms with Gasteiger partial charge in [0.2, 0.25) is 11.9 Å². The molecule has 0 fully saturated rings. The second-order valence-corrected chi connectivity index (χ2v) is 6.44. The number of hydrogen-bond donors (Lipinski definition) is 2. The highest BCUT2D eigenvalue weighted by atomic mass is 79.9. The molecule has 3 aromatic rings. The lowest BCUT2D eigenvalue weighted by Crippen LogP contribution is -2.15. The summed E-state index contributed by atoms with van der Waals surface area (Å²) < 4.78 is 12.0. The Morgan fingerprint density at radius 1 is 1.15 bits per heavy atom. The summed E-state index contributed by atoms with van der Waals surface area (Å²) in [6, 6.07) is 11.3. The van der Waals surface area contributed by atoms with E-state index in [1.807, 2.05) is 50.2 Å². The predicted octanol–water partition coefficient (Wildman–Crippen LogP) is 4.30. The number of carbonyl (C=O) groups is 1. The zero-order valence-corrected chi connectivity index (χ0v) is 16.2. The van der Waals surface area contributed by atoms with Gasteiger partial charge in [0.15, 0.2) is 11.5 Å². The number of para-hydroxylation sites is 2. The molecule has 0 aliphatic carbocycles. The number of benzene rings is 2. The number of amides is 1. The summed E-state index contributed by atoms with van der Waals surface area (Å²) in [5.41, 5.74) is 2.50. The summed E-state index contributed by atoms with van der Waals surface area (Å²) in [5.74, 6) is 1.55. The number of ether oxygens (including phenoxy) is 2. The summed E-state index contributed by atoms with van der Waals surface area (Å²) in [6.45, 7) is 4.88. The molecule has 0 aliphatic rings. The Kier molecular flexibility index (Phi) is 5.78. The standard InChI is InChI=1S/C19H20BrN3O3/c1-3-25-16-9-12(13(20)11-17(16)26-4-2)10-18(24)23-19-21-14-7-5-6-8-15(14)22-19/h5-9,11H,3-4,10H2,1-2H3,(H2,21,22,23,24). The molecule has 0 saturated carbocycles. The number of rotatable bonds is 7. The fourth-order valence-electron chi connectivity index (χ4n) is 2.61. The molecule has 0 bridgehead atoms. The molecular formula is C19H20BrN3O3. The molecule has 6 nitrogen and oxygen atoms in total. The lowest BCUT2D eigenvalue weighted by atomic mass is 10.1. The number of nitrogens with one attached hydrogen (secondary N) is 2. The highest BCUT2D eigenvalue weighted by molar-refractivity contribution is 9.10. The first-order chi connectivity index (χ1) is 12.6. The quantitative estimate of drug-likeness (QED) is 0.600. The van der Waals surface area contributed by atoms with Gasteiger partial charge in [-0.15, -0.1) is 0 Å². The van der Waals surface area contributed by atoms with Crippen molar-refractivity contribution >= 4 is 38.8 Å². The van der Waals surface area contributed by atoms with E-state index in [0.29, 0.717) is 30.7 Å². The Balaban J connectivity index is 1.76. The first-order valence-electron chi connectivity index (χ1n) is 8.43. The van der Waals surface area contributed by atoms with Gasteiger partial charge >= 0.3 is 0 Å². The van der Waals surface area contributed by atoms with Crippen LogP contribution in [0.5, 0.6) is 11.5 Å². The average Bonchev–Trinajstić information content (AvgIpc) is 3.01. The number of anilines is 1. The van der Waals surface area contributed by atoms with Crippen LogP contribution in [0.1, 0.15) is 19.4 Å². The van der Waals surface area contributed by atoms with E-state index in [2.05, 4.69) is 31.2 Å². The van der Waals surface area contributed by atoms with Crippen molar-refractivity contribution in [3.05, 3.63) is 46.4 Å². The Labute approximate surface area is 160 Å². The molecule has 7 heteroatoms. The monoisotopic (exact) mass is 417 g/mol. The Bertz CT molecular complexity index is 891. The minimum absolute atomic E-state index is 0.170.